The Morgan fingerprint density at radius 1 is 1.33 bits per heavy atom. The van der Waals surface area contributed by atoms with E-state index in [0.717, 1.165) is 29.7 Å². The van der Waals surface area contributed by atoms with Crippen molar-refractivity contribution in [3.8, 4) is 0 Å². The maximum Gasteiger partial charge on any atom is 0.248 e. The summed E-state index contributed by atoms with van der Waals surface area (Å²) in [5.74, 6) is -0.406. The molecule has 0 aliphatic heterocycles. The number of amides is 1. The summed E-state index contributed by atoms with van der Waals surface area (Å²) in [5.41, 5.74) is 9.99. The molecule has 0 atom stereocenters. The number of imidazole rings is 1. The molecule has 1 fully saturated rings. The third-order valence-corrected chi connectivity index (χ3v) is 6.84. The first-order chi connectivity index (χ1) is 14.1. The van der Waals surface area contributed by atoms with Gasteiger partial charge in [0.05, 0.1) is 23.3 Å². The van der Waals surface area contributed by atoms with E-state index in [1.807, 2.05) is 25.3 Å². The number of nitrogens with one attached hydrogen (secondary N) is 1. The number of carbonyl (C=O) groups excluding carboxylic acids is 1. The number of sulfone groups is 1. The first kappa shape index (κ1) is 20.8. The second kappa shape index (κ2) is 7.35. The molecule has 3 aromatic rings. The van der Waals surface area contributed by atoms with Crippen LogP contribution in [-0.4, -0.2) is 47.5 Å². The van der Waals surface area contributed by atoms with Crippen LogP contribution in [0, 0.1) is 6.92 Å². The SMILES string of the molecule is Cc1cc(C2(c3cnc4c(NCCS(C)(=O)=O)cc(Br)nn34)CC2)ccc1C(N)=O. The van der Waals surface area contributed by atoms with Gasteiger partial charge in [0.1, 0.15) is 14.4 Å². The van der Waals surface area contributed by atoms with Crippen LogP contribution in [0.2, 0.25) is 0 Å². The predicted molar refractivity (Wildman–Crippen MR) is 119 cm³/mol. The molecule has 0 radical (unpaired) electrons. The number of hydrogen-bond donors (Lipinski definition) is 2. The van der Waals surface area contributed by atoms with Crippen LogP contribution in [0.4, 0.5) is 5.69 Å². The van der Waals surface area contributed by atoms with E-state index in [2.05, 4.69) is 31.3 Å². The lowest BCUT2D eigenvalue weighted by Crippen LogP contribution is -2.17. The Hall–Kier alpha value is -2.46. The van der Waals surface area contributed by atoms with Gasteiger partial charge in [-0.15, -0.1) is 0 Å². The van der Waals surface area contributed by atoms with Crippen molar-refractivity contribution in [3.63, 3.8) is 0 Å². The van der Waals surface area contributed by atoms with E-state index in [1.54, 1.807) is 16.6 Å². The van der Waals surface area contributed by atoms with Crippen LogP contribution in [0.15, 0.2) is 35.1 Å². The zero-order chi connectivity index (χ0) is 21.7. The largest absolute Gasteiger partial charge is 0.381 e. The van der Waals surface area contributed by atoms with Gasteiger partial charge in [-0.2, -0.15) is 5.10 Å². The molecule has 2 heterocycles. The van der Waals surface area contributed by atoms with E-state index in [4.69, 9.17) is 5.73 Å². The minimum absolute atomic E-state index is 0.0299. The summed E-state index contributed by atoms with van der Waals surface area (Å²) in [7, 11) is -3.07. The fourth-order valence-electron chi connectivity index (χ4n) is 3.82. The van der Waals surface area contributed by atoms with Crippen molar-refractivity contribution >= 4 is 43.0 Å². The van der Waals surface area contributed by atoms with Crippen LogP contribution >= 0.6 is 15.9 Å². The maximum atomic E-state index is 11.6. The topological polar surface area (TPSA) is 119 Å². The van der Waals surface area contributed by atoms with Crippen molar-refractivity contribution in [1.29, 1.82) is 0 Å². The Balaban J connectivity index is 1.73. The van der Waals surface area contributed by atoms with Crippen LogP contribution in [-0.2, 0) is 15.3 Å². The molecule has 8 nitrogen and oxygen atoms in total. The van der Waals surface area contributed by atoms with Crippen molar-refractivity contribution in [2.75, 3.05) is 23.9 Å². The van der Waals surface area contributed by atoms with Crippen molar-refractivity contribution in [3.05, 3.63) is 57.4 Å². The molecule has 10 heteroatoms. The van der Waals surface area contributed by atoms with Crippen LogP contribution < -0.4 is 11.1 Å². The van der Waals surface area contributed by atoms with E-state index in [0.29, 0.717) is 21.5 Å². The first-order valence-corrected chi connectivity index (χ1v) is 12.3. The summed E-state index contributed by atoms with van der Waals surface area (Å²) in [6.07, 6.45) is 4.92. The molecule has 2 aromatic heterocycles. The molecule has 3 N–H and O–H groups in total. The molecule has 4 rings (SSSR count). The number of anilines is 1. The quantitative estimate of drug-likeness (QED) is 0.523. The van der Waals surface area contributed by atoms with E-state index < -0.39 is 15.7 Å². The molecule has 0 unspecified atom stereocenters. The molecular formula is C20H22BrN5O3S. The van der Waals surface area contributed by atoms with E-state index in [1.165, 1.54) is 6.26 Å². The van der Waals surface area contributed by atoms with Gasteiger partial charge in [0.15, 0.2) is 5.65 Å². The van der Waals surface area contributed by atoms with Crippen LogP contribution in [0.25, 0.3) is 5.65 Å². The molecule has 1 aromatic carbocycles. The molecule has 1 aliphatic carbocycles. The third-order valence-electron chi connectivity index (χ3n) is 5.51. The number of nitrogens with zero attached hydrogens (tertiary/aromatic N) is 3. The fourth-order valence-corrected chi connectivity index (χ4v) is 4.68. The zero-order valence-electron chi connectivity index (χ0n) is 16.6. The Bertz CT molecular complexity index is 1260. The van der Waals surface area contributed by atoms with Crippen molar-refractivity contribution in [1.82, 2.24) is 14.6 Å². The van der Waals surface area contributed by atoms with Gasteiger partial charge >= 0.3 is 0 Å². The smallest absolute Gasteiger partial charge is 0.248 e. The highest BCUT2D eigenvalue weighted by Crippen LogP contribution is 2.53. The summed E-state index contributed by atoms with van der Waals surface area (Å²) in [4.78, 5) is 16.1. The number of benzene rings is 1. The number of carbonyl (C=O) groups is 1. The average molecular weight is 492 g/mol. The van der Waals surface area contributed by atoms with Gasteiger partial charge < -0.3 is 11.1 Å². The highest BCUT2D eigenvalue weighted by Gasteiger charge is 2.48. The zero-order valence-corrected chi connectivity index (χ0v) is 19.0. The Labute approximate surface area is 182 Å². The molecular weight excluding hydrogens is 470 g/mol. The van der Waals surface area contributed by atoms with Crippen molar-refractivity contribution in [2.24, 2.45) is 5.73 Å². The Morgan fingerprint density at radius 3 is 2.67 bits per heavy atom. The number of aryl methyl sites for hydroxylation is 1. The summed E-state index contributed by atoms with van der Waals surface area (Å²) < 4.78 is 25.3. The molecule has 158 valence electrons. The lowest BCUT2D eigenvalue weighted by Gasteiger charge is -2.17. The highest BCUT2D eigenvalue weighted by atomic mass is 79.9. The van der Waals surface area contributed by atoms with E-state index in [-0.39, 0.29) is 17.7 Å². The lowest BCUT2D eigenvalue weighted by molar-refractivity contribution is 0.0999. The molecule has 30 heavy (non-hydrogen) atoms. The molecule has 1 aliphatic rings. The molecule has 0 saturated heterocycles. The number of hydrogen-bond acceptors (Lipinski definition) is 6. The molecule has 0 bridgehead atoms. The average Bonchev–Trinajstić information content (AvgIpc) is 3.33. The van der Waals surface area contributed by atoms with Gasteiger partial charge in [-0.3, -0.25) is 4.79 Å². The number of rotatable bonds is 7. The van der Waals surface area contributed by atoms with Gasteiger partial charge in [0.25, 0.3) is 0 Å². The predicted octanol–water partition coefficient (Wildman–Crippen LogP) is 2.44. The van der Waals surface area contributed by atoms with Crippen LogP contribution in [0.5, 0.6) is 0 Å². The van der Waals surface area contributed by atoms with Gasteiger partial charge in [-0.05, 0) is 59.0 Å². The van der Waals surface area contributed by atoms with Crippen LogP contribution in [0.1, 0.15) is 40.0 Å². The summed E-state index contributed by atoms with van der Waals surface area (Å²) in [6.45, 7) is 2.17. The first-order valence-electron chi connectivity index (χ1n) is 9.48. The minimum Gasteiger partial charge on any atom is -0.381 e. The Morgan fingerprint density at radius 2 is 2.07 bits per heavy atom. The van der Waals surface area contributed by atoms with Gasteiger partial charge in [0, 0.05) is 23.8 Å². The summed E-state index contributed by atoms with van der Waals surface area (Å²) >= 11 is 3.44. The number of aromatic nitrogens is 3. The number of nitrogens with two attached hydrogens (primary N) is 1. The minimum atomic E-state index is -3.07. The standard InChI is InChI=1S/C20H22BrN5O3S/c1-12-9-13(3-4-14(12)18(22)27)20(5-6-20)16-11-24-19-15(10-17(21)25-26(16)19)23-7-8-30(2,28)29/h3-4,9-11,23H,5-8H2,1-2H3,(H2,22,27). The monoisotopic (exact) mass is 491 g/mol. The number of halogens is 1. The van der Waals surface area contributed by atoms with Gasteiger partial charge in [-0.25, -0.2) is 17.9 Å². The van der Waals surface area contributed by atoms with Gasteiger partial charge in [-0.1, -0.05) is 12.1 Å². The van der Waals surface area contributed by atoms with E-state index in [9.17, 15) is 13.2 Å². The lowest BCUT2D eigenvalue weighted by atomic mass is 9.90. The fraction of sp³-hybridized carbons (Fsp3) is 0.350. The second-order valence-corrected chi connectivity index (χ2v) is 10.9. The molecule has 0 spiro atoms. The number of fused-ring (bicyclic) bond motifs is 1. The second-order valence-electron chi connectivity index (χ2n) is 7.79. The third kappa shape index (κ3) is 3.81. The highest BCUT2D eigenvalue weighted by molar-refractivity contribution is 9.10. The summed E-state index contributed by atoms with van der Waals surface area (Å²) in [5, 5.41) is 7.75. The molecule has 1 amide bonds. The summed E-state index contributed by atoms with van der Waals surface area (Å²) in [6, 6.07) is 7.52. The van der Waals surface area contributed by atoms with Crippen molar-refractivity contribution in [2.45, 2.75) is 25.2 Å². The van der Waals surface area contributed by atoms with Gasteiger partial charge in [0.2, 0.25) is 5.91 Å². The van der Waals surface area contributed by atoms with E-state index >= 15 is 0 Å². The Kier molecular flexibility index (Phi) is 5.09. The van der Waals surface area contributed by atoms with Crippen LogP contribution in [0.3, 0.4) is 0 Å². The maximum absolute atomic E-state index is 11.6. The normalized spacial score (nSPS) is 15.3. The van der Waals surface area contributed by atoms with Crippen molar-refractivity contribution < 1.29 is 13.2 Å². The number of primary amides is 1. The molecule has 1 saturated carbocycles.